The fourth-order valence-electron chi connectivity index (χ4n) is 1.94. The average molecular weight is 289 g/mol. The Morgan fingerprint density at radius 3 is 2.21 bits per heavy atom. The summed E-state index contributed by atoms with van der Waals surface area (Å²) in [6, 6.07) is 0. The minimum atomic E-state index is -3.62. The lowest BCUT2D eigenvalue weighted by molar-refractivity contribution is -0.156. The van der Waals surface area contributed by atoms with Crippen molar-refractivity contribution < 1.29 is 22.7 Å². The highest BCUT2D eigenvalue weighted by atomic mass is 32.2. The first kappa shape index (κ1) is 15.7. The zero-order valence-corrected chi connectivity index (χ0v) is 12.1. The fraction of sp³-hybridized carbons (Fsp3) is 0.667. The van der Waals surface area contributed by atoms with E-state index in [1.165, 1.54) is 0 Å². The van der Waals surface area contributed by atoms with Crippen LogP contribution in [0, 0.1) is 11.8 Å². The summed E-state index contributed by atoms with van der Waals surface area (Å²) in [5, 5.41) is 0. The lowest BCUT2D eigenvalue weighted by atomic mass is 9.82. The molecule has 0 radical (unpaired) electrons. The molecule has 0 aromatic carbocycles. The first-order valence-electron chi connectivity index (χ1n) is 6.08. The zero-order chi connectivity index (χ0) is 14.6. The summed E-state index contributed by atoms with van der Waals surface area (Å²) in [6.07, 6.45) is 4.93. The van der Waals surface area contributed by atoms with Crippen molar-refractivity contribution in [3.63, 3.8) is 0 Å². The number of hydrogen-bond donors (Lipinski definition) is 1. The number of hydrogen-bond acceptors (Lipinski definition) is 5. The fourth-order valence-corrected chi connectivity index (χ4v) is 2.46. The number of esters is 1. The van der Waals surface area contributed by atoms with Crippen molar-refractivity contribution in [2.24, 2.45) is 11.8 Å². The monoisotopic (exact) mass is 289 g/mol. The first-order chi connectivity index (χ1) is 8.70. The van der Waals surface area contributed by atoms with Gasteiger partial charge in [0, 0.05) is 0 Å². The number of allylic oxidation sites excluding steroid dienone is 2. The van der Waals surface area contributed by atoms with Crippen molar-refractivity contribution in [1.82, 2.24) is 4.72 Å². The molecule has 0 unspecified atom stereocenters. The second kappa shape index (κ2) is 6.18. The van der Waals surface area contributed by atoms with Crippen LogP contribution in [0.25, 0.3) is 0 Å². The molecule has 7 heteroatoms. The summed E-state index contributed by atoms with van der Waals surface area (Å²) in [6.45, 7) is 3.45. The second-order valence-electron chi connectivity index (χ2n) is 4.88. The van der Waals surface area contributed by atoms with Crippen LogP contribution in [-0.4, -0.2) is 32.7 Å². The van der Waals surface area contributed by atoms with E-state index in [1.54, 1.807) is 26.0 Å². The molecule has 0 spiro atoms. The Balaban J connectivity index is 2.81. The van der Waals surface area contributed by atoms with Gasteiger partial charge in [0.05, 0.1) is 24.2 Å². The largest absolute Gasteiger partial charge is 0.463 e. The zero-order valence-electron chi connectivity index (χ0n) is 11.3. The van der Waals surface area contributed by atoms with E-state index in [2.05, 4.69) is 0 Å². The molecule has 2 atom stereocenters. The van der Waals surface area contributed by atoms with Crippen molar-refractivity contribution in [3.8, 4) is 0 Å². The van der Waals surface area contributed by atoms with E-state index in [0.717, 1.165) is 6.26 Å². The average Bonchev–Trinajstić information content (AvgIpc) is 2.25. The molecule has 108 valence electrons. The molecule has 1 aliphatic carbocycles. The van der Waals surface area contributed by atoms with Crippen LogP contribution in [0.4, 0.5) is 0 Å². The van der Waals surface area contributed by atoms with Gasteiger partial charge in [-0.2, -0.15) is 0 Å². The quantitative estimate of drug-likeness (QED) is 0.604. The molecule has 0 aromatic heterocycles. The van der Waals surface area contributed by atoms with Crippen LogP contribution in [0.15, 0.2) is 12.2 Å². The van der Waals surface area contributed by atoms with Gasteiger partial charge >= 0.3 is 5.97 Å². The molecular formula is C12H19NO5S. The standard InChI is InChI=1S/C12H19NO5S/c1-8(2)18-12(15)10-7-5-4-6-9(10)11(14)13-19(3,16)17/h4-5,8-10H,6-7H2,1-3H3,(H,13,14)/t9-,10+/m0/s1. The van der Waals surface area contributed by atoms with Gasteiger partial charge in [-0.25, -0.2) is 8.42 Å². The molecule has 0 heterocycles. The molecule has 19 heavy (non-hydrogen) atoms. The molecule has 6 nitrogen and oxygen atoms in total. The Bertz CT molecular complexity index is 480. The summed E-state index contributed by atoms with van der Waals surface area (Å²) in [5.41, 5.74) is 0. The minimum absolute atomic E-state index is 0.267. The number of amides is 1. The molecule has 0 saturated carbocycles. The van der Waals surface area contributed by atoms with Gasteiger partial charge in [0.1, 0.15) is 0 Å². The summed E-state index contributed by atoms with van der Waals surface area (Å²) >= 11 is 0. The molecule has 0 aromatic rings. The van der Waals surface area contributed by atoms with Crippen molar-refractivity contribution >= 4 is 21.9 Å². The second-order valence-corrected chi connectivity index (χ2v) is 6.63. The van der Waals surface area contributed by atoms with Crippen molar-refractivity contribution in [3.05, 3.63) is 12.2 Å². The summed E-state index contributed by atoms with van der Waals surface area (Å²) in [5.74, 6) is -2.45. The summed E-state index contributed by atoms with van der Waals surface area (Å²) in [4.78, 5) is 23.8. The third-order valence-corrected chi connectivity index (χ3v) is 3.28. The molecule has 1 rings (SSSR count). The van der Waals surface area contributed by atoms with E-state index in [9.17, 15) is 18.0 Å². The number of carbonyl (C=O) groups is 2. The maximum absolute atomic E-state index is 11.9. The predicted molar refractivity (Wildman–Crippen MR) is 69.6 cm³/mol. The third-order valence-electron chi connectivity index (χ3n) is 2.71. The van der Waals surface area contributed by atoms with Gasteiger partial charge in [-0.05, 0) is 26.7 Å². The third kappa shape index (κ3) is 5.02. The number of rotatable bonds is 4. The smallest absolute Gasteiger partial charge is 0.310 e. The van der Waals surface area contributed by atoms with Gasteiger partial charge in [-0.3, -0.25) is 14.3 Å². The van der Waals surface area contributed by atoms with Gasteiger partial charge < -0.3 is 4.74 Å². The molecule has 0 bridgehead atoms. The Labute approximate surface area is 113 Å². The maximum Gasteiger partial charge on any atom is 0.310 e. The van der Waals surface area contributed by atoms with E-state index in [-0.39, 0.29) is 6.10 Å². The SMILES string of the molecule is CC(C)OC(=O)[C@@H]1CC=CC[C@@H]1C(=O)NS(C)(=O)=O. The van der Waals surface area contributed by atoms with Crippen LogP contribution in [0.2, 0.25) is 0 Å². The first-order valence-corrected chi connectivity index (χ1v) is 7.97. The molecule has 1 amide bonds. The van der Waals surface area contributed by atoms with E-state index in [4.69, 9.17) is 4.74 Å². The van der Waals surface area contributed by atoms with E-state index >= 15 is 0 Å². The molecule has 0 aliphatic heterocycles. The summed E-state index contributed by atoms with van der Waals surface area (Å²) in [7, 11) is -3.62. The van der Waals surface area contributed by atoms with E-state index in [0.29, 0.717) is 12.8 Å². The lowest BCUT2D eigenvalue weighted by Crippen LogP contribution is -2.41. The molecule has 1 N–H and O–H groups in total. The van der Waals surface area contributed by atoms with Gasteiger partial charge in [-0.15, -0.1) is 0 Å². The van der Waals surface area contributed by atoms with Crippen LogP contribution in [0.3, 0.4) is 0 Å². The highest BCUT2D eigenvalue weighted by molar-refractivity contribution is 7.89. The molecule has 0 saturated heterocycles. The predicted octanol–water partition coefficient (Wildman–Crippen LogP) is 0.596. The van der Waals surface area contributed by atoms with E-state index in [1.807, 2.05) is 4.72 Å². The number of ether oxygens (including phenoxy) is 1. The topological polar surface area (TPSA) is 89.5 Å². The molecular weight excluding hydrogens is 270 g/mol. The highest BCUT2D eigenvalue weighted by Crippen LogP contribution is 2.27. The number of sulfonamides is 1. The van der Waals surface area contributed by atoms with Crippen LogP contribution in [-0.2, 0) is 24.3 Å². The lowest BCUT2D eigenvalue weighted by Gasteiger charge is -2.26. The maximum atomic E-state index is 11.9. The van der Waals surface area contributed by atoms with Gasteiger partial charge in [-0.1, -0.05) is 12.2 Å². The number of carbonyl (C=O) groups excluding carboxylic acids is 2. The normalized spacial score (nSPS) is 23.2. The van der Waals surface area contributed by atoms with Crippen LogP contribution in [0.5, 0.6) is 0 Å². The van der Waals surface area contributed by atoms with Crippen molar-refractivity contribution in [2.45, 2.75) is 32.8 Å². The Kier molecular flexibility index (Phi) is 5.11. The van der Waals surface area contributed by atoms with Gasteiger partial charge in [0.25, 0.3) is 0 Å². The Morgan fingerprint density at radius 2 is 1.74 bits per heavy atom. The summed E-state index contributed by atoms with van der Waals surface area (Å²) < 4.78 is 29.2. The van der Waals surface area contributed by atoms with Gasteiger partial charge in [0.2, 0.25) is 15.9 Å². The van der Waals surface area contributed by atoms with Crippen molar-refractivity contribution in [1.29, 1.82) is 0 Å². The highest BCUT2D eigenvalue weighted by Gasteiger charge is 2.36. The molecule has 1 aliphatic rings. The van der Waals surface area contributed by atoms with Crippen LogP contribution >= 0.6 is 0 Å². The molecule has 0 fully saturated rings. The van der Waals surface area contributed by atoms with Crippen LogP contribution in [0.1, 0.15) is 26.7 Å². The van der Waals surface area contributed by atoms with E-state index < -0.39 is 33.7 Å². The number of nitrogens with one attached hydrogen (secondary N) is 1. The van der Waals surface area contributed by atoms with Crippen molar-refractivity contribution in [2.75, 3.05) is 6.26 Å². The Morgan fingerprint density at radius 1 is 1.21 bits per heavy atom. The Hall–Kier alpha value is -1.37. The van der Waals surface area contributed by atoms with Gasteiger partial charge in [0.15, 0.2) is 0 Å². The van der Waals surface area contributed by atoms with Crippen LogP contribution < -0.4 is 4.72 Å². The minimum Gasteiger partial charge on any atom is -0.463 e.